The molecule has 2 aliphatic heterocycles. The van der Waals surface area contributed by atoms with Gasteiger partial charge in [-0.25, -0.2) is 4.90 Å². The number of halogens is 1. The zero-order valence-electron chi connectivity index (χ0n) is 19.1. The monoisotopic (exact) mass is 532 g/mol. The zero-order chi connectivity index (χ0) is 24.9. The van der Waals surface area contributed by atoms with Crippen LogP contribution in [0.4, 0.5) is 11.4 Å². The molecule has 2 aliphatic rings. The molecule has 8 heteroatoms. The molecule has 0 bridgehead atoms. The van der Waals surface area contributed by atoms with Crippen LogP contribution < -0.4 is 14.5 Å². The molecule has 3 aromatic rings. The lowest BCUT2D eigenvalue weighted by atomic mass is 10.1. The lowest BCUT2D eigenvalue weighted by molar-refractivity contribution is -0.139. The third kappa shape index (κ3) is 4.14. The van der Waals surface area contributed by atoms with Gasteiger partial charge in [0, 0.05) is 23.1 Å². The van der Waals surface area contributed by atoms with Crippen LogP contribution in [0.25, 0.3) is 0 Å². The Morgan fingerprint density at radius 2 is 1.71 bits per heavy atom. The predicted molar refractivity (Wildman–Crippen MR) is 134 cm³/mol. The van der Waals surface area contributed by atoms with Gasteiger partial charge in [0.2, 0.25) is 5.91 Å². The second-order valence-corrected chi connectivity index (χ2v) is 9.67. The number of amides is 3. The number of carbonyl (C=O) groups is 4. The molecule has 1 fully saturated rings. The van der Waals surface area contributed by atoms with Crippen molar-refractivity contribution in [3.05, 3.63) is 87.4 Å². The Balaban J connectivity index is 1.31. The molecule has 2 heterocycles. The molecule has 0 N–H and O–H groups in total. The van der Waals surface area contributed by atoms with Gasteiger partial charge in [0.05, 0.1) is 22.7 Å². The minimum absolute atomic E-state index is 0.0778. The molecular weight excluding hydrogens is 512 g/mol. The summed E-state index contributed by atoms with van der Waals surface area (Å²) in [5.74, 6) is -1.71. The van der Waals surface area contributed by atoms with Crippen LogP contribution in [-0.2, 0) is 9.59 Å². The Hall–Kier alpha value is -3.78. The summed E-state index contributed by atoms with van der Waals surface area (Å²) in [5.41, 5.74) is 3.50. The molecule has 1 atom stereocenters. The van der Waals surface area contributed by atoms with Crippen molar-refractivity contribution < 1.29 is 23.9 Å². The number of anilines is 2. The maximum atomic E-state index is 12.9. The molecule has 7 nitrogen and oxygen atoms in total. The van der Waals surface area contributed by atoms with Crippen LogP contribution in [0.1, 0.15) is 38.3 Å². The highest BCUT2D eigenvalue weighted by molar-refractivity contribution is 9.10. The van der Waals surface area contributed by atoms with Gasteiger partial charge in [-0.05, 0) is 73.5 Å². The van der Waals surface area contributed by atoms with E-state index in [0.29, 0.717) is 26.9 Å². The molecule has 0 spiro atoms. The van der Waals surface area contributed by atoms with Crippen LogP contribution in [0, 0.1) is 19.8 Å². The van der Waals surface area contributed by atoms with Crippen LogP contribution in [0.5, 0.6) is 5.75 Å². The average molecular weight is 533 g/mol. The maximum absolute atomic E-state index is 12.9. The molecule has 0 radical (unpaired) electrons. The van der Waals surface area contributed by atoms with Gasteiger partial charge in [-0.1, -0.05) is 28.1 Å². The lowest BCUT2D eigenvalue weighted by Gasteiger charge is -2.18. The molecule has 0 unspecified atom stereocenters. The van der Waals surface area contributed by atoms with Gasteiger partial charge in [-0.15, -0.1) is 0 Å². The fourth-order valence-electron chi connectivity index (χ4n) is 4.48. The lowest BCUT2D eigenvalue weighted by Crippen LogP contribution is -2.30. The largest absolute Gasteiger partial charge is 0.426 e. The number of fused-ring (bicyclic) bond motifs is 1. The summed E-state index contributed by atoms with van der Waals surface area (Å²) >= 11 is 3.33. The van der Waals surface area contributed by atoms with Gasteiger partial charge >= 0.3 is 5.97 Å². The number of esters is 1. The number of benzene rings is 3. The van der Waals surface area contributed by atoms with Crippen molar-refractivity contribution in [3.63, 3.8) is 0 Å². The van der Waals surface area contributed by atoms with Crippen LogP contribution in [0.2, 0.25) is 0 Å². The summed E-state index contributed by atoms with van der Waals surface area (Å²) in [6.07, 6.45) is 0.0778. The van der Waals surface area contributed by atoms with E-state index in [1.807, 2.05) is 31.2 Å². The molecule has 176 valence electrons. The number of nitrogens with zero attached hydrogens (tertiary/aromatic N) is 2. The first kappa shape index (κ1) is 23.0. The first-order valence-corrected chi connectivity index (χ1v) is 11.9. The highest BCUT2D eigenvalue weighted by Crippen LogP contribution is 2.34. The summed E-state index contributed by atoms with van der Waals surface area (Å²) < 4.78 is 6.28. The van der Waals surface area contributed by atoms with Gasteiger partial charge in [-0.3, -0.25) is 19.2 Å². The Morgan fingerprint density at radius 3 is 2.46 bits per heavy atom. The fraction of sp³-hybridized carbons (Fsp3) is 0.185. The van der Waals surface area contributed by atoms with Gasteiger partial charge in [0.1, 0.15) is 5.75 Å². The summed E-state index contributed by atoms with van der Waals surface area (Å²) in [4.78, 5) is 53.9. The number of carbonyl (C=O) groups excluding carboxylic acids is 4. The van der Waals surface area contributed by atoms with E-state index in [1.165, 1.54) is 0 Å². The highest BCUT2D eigenvalue weighted by Gasteiger charge is 2.38. The molecule has 0 aliphatic carbocycles. The van der Waals surface area contributed by atoms with Gasteiger partial charge < -0.3 is 9.64 Å². The van der Waals surface area contributed by atoms with Crippen molar-refractivity contribution in [2.24, 2.45) is 5.92 Å². The highest BCUT2D eigenvalue weighted by atomic mass is 79.9. The third-order valence-corrected chi connectivity index (χ3v) is 6.74. The van der Waals surface area contributed by atoms with Crippen molar-refractivity contribution in [1.82, 2.24) is 0 Å². The van der Waals surface area contributed by atoms with E-state index in [-0.39, 0.29) is 24.6 Å². The van der Waals surface area contributed by atoms with E-state index in [0.717, 1.165) is 16.2 Å². The number of hydrogen-bond acceptors (Lipinski definition) is 5. The molecular formula is C27H21BrN2O5. The van der Waals surface area contributed by atoms with Crippen LogP contribution in [0.3, 0.4) is 0 Å². The Morgan fingerprint density at radius 1 is 0.943 bits per heavy atom. The smallest absolute Gasteiger partial charge is 0.316 e. The Kier molecular flexibility index (Phi) is 5.76. The second kappa shape index (κ2) is 8.78. The third-order valence-electron chi connectivity index (χ3n) is 6.25. The van der Waals surface area contributed by atoms with E-state index in [1.54, 1.807) is 48.2 Å². The van der Waals surface area contributed by atoms with Crippen molar-refractivity contribution in [2.45, 2.75) is 20.3 Å². The van der Waals surface area contributed by atoms with E-state index >= 15 is 0 Å². The van der Waals surface area contributed by atoms with Crippen molar-refractivity contribution in [2.75, 3.05) is 16.3 Å². The first-order valence-electron chi connectivity index (χ1n) is 11.1. The number of hydrogen-bond donors (Lipinski definition) is 0. The van der Waals surface area contributed by atoms with Crippen LogP contribution >= 0.6 is 15.9 Å². The summed E-state index contributed by atoms with van der Waals surface area (Å²) in [7, 11) is 0. The summed E-state index contributed by atoms with van der Waals surface area (Å²) in [6.45, 7) is 3.94. The number of imide groups is 1. The van der Waals surface area contributed by atoms with Crippen LogP contribution in [0.15, 0.2) is 65.1 Å². The van der Waals surface area contributed by atoms with Crippen molar-refractivity contribution in [1.29, 1.82) is 0 Å². The number of ether oxygens (including phenoxy) is 1. The van der Waals surface area contributed by atoms with Gasteiger partial charge in [0.15, 0.2) is 0 Å². The van der Waals surface area contributed by atoms with E-state index < -0.39 is 23.7 Å². The van der Waals surface area contributed by atoms with Crippen LogP contribution in [-0.4, -0.2) is 30.2 Å². The normalized spacial score (nSPS) is 17.2. The second-order valence-electron chi connectivity index (χ2n) is 8.75. The molecule has 35 heavy (non-hydrogen) atoms. The van der Waals surface area contributed by atoms with E-state index in [4.69, 9.17) is 4.74 Å². The SMILES string of the molecule is Cc1cccc(N2C[C@H](C(=O)Oc3ccc(N4C(=O)c5ccc(Br)cc5C4=O)c(C)c3)CC2=O)c1. The first-order chi connectivity index (χ1) is 16.7. The maximum Gasteiger partial charge on any atom is 0.316 e. The van der Waals surface area contributed by atoms with Crippen molar-refractivity contribution >= 4 is 51.0 Å². The molecule has 0 aromatic heterocycles. The Bertz CT molecular complexity index is 1420. The summed E-state index contributed by atoms with van der Waals surface area (Å²) in [6, 6.07) is 17.3. The molecule has 5 rings (SSSR count). The molecule has 0 saturated carbocycles. The van der Waals surface area contributed by atoms with Gasteiger partial charge in [-0.2, -0.15) is 0 Å². The number of rotatable bonds is 4. The zero-order valence-corrected chi connectivity index (χ0v) is 20.7. The molecule has 3 amide bonds. The predicted octanol–water partition coefficient (Wildman–Crippen LogP) is 4.83. The Labute approximate surface area is 210 Å². The van der Waals surface area contributed by atoms with Crippen molar-refractivity contribution in [3.8, 4) is 5.75 Å². The van der Waals surface area contributed by atoms with E-state index in [2.05, 4.69) is 15.9 Å². The minimum Gasteiger partial charge on any atom is -0.426 e. The molecule has 1 saturated heterocycles. The minimum atomic E-state index is -0.585. The number of aryl methyl sites for hydroxylation is 2. The van der Waals surface area contributed by atoms with Gasteiger partial charge in [0.25, 0.3) is 11.8 Å². The molecule has 3 aromatic carbocycles. The fourth-order valence-corrected chi connectivity index (χ4v) is 4.85. The van der Waals surface area contributed by atoms with E-state index in [9.17, 15) is 19.2 Å². The average Bonchev–Trinajstić information content (AvgIpc) is 3.32. The standard InChI is InChI=1S/C27H21BrN2O5/c1-15-4-3-5-19(10-15)29-14-17(12-24(29)31)27(34)35-20-7-9-23(16(2)11-20)30-25(32)21-8-6-18(28)13-22(21)26(30)33/h3-11,13,17H,12,14H2,1-2H3/t17-/m1/s1. The quantitative estimate of drug-likeness (QED) is 0.273. The topological polar surface area (TPSA) is 84.0 Å². The summed E-state index contributed by atoms with van der Waals surface area (Å²) in [5, 5.41) is 0.